The average Bonchev–Trinajstić information content (AvgIpc) is 2.65. The second-order valence-corrected chi connectivity index (χ2v) is 4.23. The molecule has 0 radical (unpaired) electrons. The fourth-order valence-corrected chi connectivity index (χ4v) is 2.01. The van der Waals surface area contributed by atoms with E-state index in [-0.39, 0.29) is 17.9 Å². The van der Waals surface area contributed by atoms with Crippen LogP contribution < -0.4 is 0 Å². The first-order valence-corrected chi connectivity index (χ1v) is 5.76. The molecule has 6 heteroatoms. The van der Waals surface area contributed by atoms with Crippen LogP contribution in [0.5, 0.6) is 0 Å². The molecule has 0 fully saturated rings. The van der Waals surface area contributed by atoms with E-state index in [2.05, 4.69) is 5.10 Å². The van der Waals surface area contributed by atoms with Crippen molar-refractivity contribution < 1.29 is 9.72 Å². The Morgan fingerprint density at radius 1 is 1.37 bits per heavy atom. The minimum atomic E-state index is -0.490. The Morgan fingerprint density at radius 3 is 2.58 bits per heavy atom. The summed E-state index contributed by atoms with van der Waals surface area (Å²) in [7, 11) is 1.60. The van der Waals surface area contributed by atoms with Gasteiger partial charge in [0.15, 0.2) is 5.78 Å². The number of nitrogens with zero attached hydrogens (tertiary/aromatic N) is 3. The minimum absolute atomic E-state index is 0.0301. The van der Waals surface area contributed by atoms with Crippen LogP contribution in [-0.2, 0) is 13.5 Å². The summed E-state index contributed by atoms with van der Waals surface area (Å²) < 4.78 is 1.40. The van der Waals surface area contributed by atoms with E-state index in [1.807, 2.05) is 6.07 Å². The highest BCUT2D eigenvalue weighted by molar-refractivity contribution is 5.97. The molecule has 0 amide bonds. The second kappa shape index (κ2) is 5.01. The van der Waals surface area contributed by atoms with E-state index in [0.29, 0.717) is 17.0 Å². The highest BCUT2D eigenvalue weighted by Gasteiger charge is 2.25. The van der Waals surface area contributed by atoms with Crippen LogP contribution in [-0.4, -0.2) is 20.5 Å². The van der Waals surface area contributed by atoms with Crippen molar-refractivity contribution in [2.75, 3.05) is 0 Å². The van der Waals surface area contributed by atoms with Crippen LogP contribution in [0.3, 0.4) is 0 Å². The Hall–Kier alpha value is -2.50. The van der Waals surface area contributed by atoms with Crippen molar-refractivity contribution in [3.05, 3.63) is 57.4 Å². The van der Waals surface area contributed by atoms with Gasteiger partial charge in [-0.1, -0.05) is 30.3 Å². The number of aromatic nitrogens is 2. The quantitative estimate of drug-likeness (QED) is 0.478. The lowest BCUT2D eigenvalue weighted by Crippen LogP contribution is -2.09. The summed E-state index contributed by atoms with van der Waals surface area (Å²) in [6.45, 7) is 1.56. The number of benzene rings is 1. The van der Waals surface area contributed by atoms with Gasteiger partial charge in [0.2, 0.25) is 0 Å². The SMILES string of the molecule is Cc1nn(C)c(CC(=O)c2ccccc2)c1[N+](=O)[O-]. The maximum absolute atomic E-state index is 12.1. The van der Waals surface area contributed by atoms with Crippen molar-refractivity contribution in [3.8, 4) is 0 Å². The molecule has 1 heterocycles. The fraction of sp³-hybridized carbons (Fsp3) is 0.231. The predicted molar refractivity (Wildman–Crippen MR) is 69.1 cm³/mol. The summed E-state index contributed by atoms with van der Waals surface area (Å²) in [6, 6.07) is 8.72. The first-order chi connectivity index (χ1) is 9.00. The number of nitro groups is 1. The zero-order valence-electron chi connectivity index (χ0n) is 10.7. The summed E-state index contributed by atoms with van der Waals surface area (Å²) in [5.74, 6) is -0.160. The fourth-order valence-electron chi connectivity index (χ4n) is 2.01. The van der Waals surface area contributed by atoms with Crippen LogP contribution in [0.4, 0.5) is 5.69 Å². The standard InChI is InChI=1S/C13H13N3O3/c1-9-13(16(18)19)11(15(2)14-9)8-12(17)10-6-4-3-5-7-10/h3-7H,8H2,1-2H3. The third-order valence-electron chi connectivity index (χ3n) is 2.91. The maximum Gasteiger partial charge on any atom is 0.313 e. The van der Waals surface area contributed by atoms with Gasteiger partial charge >= 0.3 is 5.69 Å². The van der Waals surface area contributed by atoms with E-state index in [0.717, 1.165) is 0 Å². The van der Waals surface area contributed by atoms with E-state index in [9.17, 15) is 14.9 Å². The summed E-state index contributed by atoms with van der Waals surface area (Å²) in [4.78, 5) is 22.6. The van der Waals surface area contributed by atoms with Crippen LogP contribution >= 0.6 is 0 Å². The Balaban J connectivity index is 2.34. The van der Waals surface area contributed by atoms with Gasteiger partial charge in [0.25, 0.3) is 0 Å². The first kappa shape index (κ1) is 12.9. The molecule has 0 bridgehead atoms. The zero-order chi connectivity index (χ0) is 14.0. The third kappa shape index (κ3) is 2.52. The number of hydrogen-bond donors (Lipinski definition) is 0. The number of aryl methyl sites for hydroxylation is 2. The van der Waals surface area contributed by atoms with Gasteiger partial charge < -0.3 is 0 Å². The van der Waals surface area contributed by atoms with Gasteiger partial charge in [-0.15, -0.1) is 0 Å². The van der Waals surface area contributed by atoms with E-state index < -0.39 is 4.92 Å². The number of hydrogen-bond acceptors (Lipinski definition) is 4. The summed E-state index contributed by atoms with van der Waals surface area (Å²) in [5, 5.41) is 15.0. The summed E-state index contributed by atoms with van der Waals surface area (Å²) in [5.41, 5.74) is 1.11. The molecule has 0 aliphatic heterocycles. The van der Waals surface area contributed by atoms with E-state index in [4.69, 9.17) is 0 Å². The van der Waals surface area contributed by atoms with E-state index in [1.165, 1.54) is 4.68 Å². The molecule has 1 aromatic carbocycles. The normalized spacial score (nSPS) is 10.4. The van der Waals surface area contributed by atoms with Crippen molar-refractivity contribution >= 4 is 11.5 Å². The van der Waals surface area contributed by atoms with Crippen molar-refractivity contribution in [1.82, 2.24) is 9.78 Å². The van der Waals surface area contributed by atoms with Crippen molar-refractivity contribution in [3.63, 3.8) is 0 Å². The van der Waals surface area contributed by atoms with Gasteiger partial charge in [0.05, 0.1) is 11.3 Å². The number of carbonyl (C=O) groups excluding carboxylic acids is 1. The maximum atomic E-state index is 12.1. The molecular formula is C13H13N3O3. The first-order valence-electron chi connectivity index (χ1n) is 5.76. The molecule has 19 heavy (non-hydrogen) atoms. The molecule has 1 aromatic heterocycles. The molecule has 0 unspecified atom stereocenters. The van der Waals surface area contributed by atoms with Gasteiger partial charge in [-0.25, -0.2) is 0 Å². The van der Waals surface area contributed by atoms with Crippen molar-refractivity contribution in [2.45, 2.75) is 13.3 Å². The van der Waals surface area contributed by atoms with Gasteiger partial charge in [0, 0.05) is 12.6 Å². The average molecular weight is 259 g/mol. The molecule has 2 aromatic rings. The molecule has 0 saturated heterocycles. The van der Waals surface area contributed by atoms with Crippen molar-refractivity contribution in [1.29, 1.82) is 0 Å². The number of carbonyl (C=O) groups is 1. The Kier molecular flexibility index (Phi) is 3.41. The third-order valence-corrected chi connectivity index (χ3v) is 2.91. The smallest absolute Gasteiger partial charge is 0.294 e. The molecule has 2 rings (SSSR count). The topological polar surface area (TPSA) is 78.0 Å². The van der Waals surface area contributed by atoms with E-state index in [1.54, 1.807) is 38.2 Å². The molecule has 0 atom stereocenters. The monoisotopic (exact) mass is 259 g/mol. The van der Waals surface area contributed by atoms with Crippen LogP contribution in [0.1, 0.15) is 21.7 Å². The number of ketones is 1. The molecule has 0 spiro atoms. The number of rotatable bonds is 4. The highest BCUT2D eigenvalue weighted by atomic mass is 16.6. The summed E-state index contributed by atoms with van der Waals surface area (Å²) in [6.07, 6.45) is -0.0301. The molecule has 6 nitrogen and oxygen atoms in total. The Morgan fingerprint density at radius 2 is 2.00 bits per heavy atom. The lowest BCUT2D eigenvalue weighted by Gasteiger charge is -2.01. The number of Topliss-reactive ketones (excluding diaryl/α,β-unsaturated/α-hetero) is 1. The van der Waals surface area contributed by atoms with Crippen LogP contribution in [0.25, 0.3) is 0 Å². The molecule has 0 N–H and O–H groups in total. The van der Waals surface area contributed by atoms with Gasteiger partial charge in [0.1, 0.15) is 11.4 Å². The lowest BCUT2D eigenvalue weighted by atomic mass is 10.1. The largest absolute Gasteiger partial charge is 0.313 e. The molecule has 0 aliphatic carbocycles. The van der Waals surface area contributed by atoms with Gasteiger partial charge in [-0.2, -0.15) is 5.10 Å². The van der Waals surface area contributed by atoms with Crippen LogP contribution in [0.15, 0.2) is 30.3 Å². The molecule has 0 saturated carbocycles. The van der Waals surface area contributed by atoms with Crippen molar-refractivity contribution in [2.24, 2.45) is 7.05 Å². The Labute approximate surface area is 109 Å². The zero-order valence-corrected chi connectivity index (χ0v) is 10.7. The van der Waals surface area contributed by atoms with E-state index >= 15 is 0 Å². The Bertz CT molecular complexity index is 632. The van der Waals surface area contributed by atoms with Crippen LogP contribution in [0, 0.1) is 17.0 Å². The summed E-state index contributed by atoms with van der Waals surface area (Å²) >= 11 is 0. The molecule has 0 aliphatic rings. The molecule has 98 valence electrons. The van der Waals surface area contributed by atoms with Gasteiger partial charge in [-0.05, 0) is 6.92 Å². The lowest BCUT2D eigenvalue weighted by molar-refractivity contribution is -0.386. The van der Waals surface area contributed by atoms with Gasteiger partial charge in [-0.3, -0.25) is 19.6 Å². The highest BCUT2D eigenvalue weighted by Crippen LogP contribution is 2.23. The minimum Gasteiger partial charge on any atom is -0.294 e. The molecular weight excluding hydrogens is 246 g/mol. The second-order valence-electron chi connectivity index (χ2n) is 4.23. The van der Waals surface area contributed by atoms with Crippen LogP contribution in [0.2, 0.25) is 0 Å². The predicted octanol–water partition coefficient (Wildman–Crippen LogP) is 2.06.